The summed E-state index contributed by atoms with van der Waals surface area (Å²) in [6.45, 7) is 8.47. The van der Waals surface area contributed by atoms with Gasteiger partial charge in [0.05, 0.1) is 6.10 Å². The minimum absolute atomic E-state index is 0.167. The van der Waals surface area contributed by atoms with Gasteiger partial charge in [-0.3, -0.25) is 0 Å². The summed E-state index contributed by atoms with van der Waals surface area (Å²) in [5.74, 6) is 1.08. The minimum Gasteiger partial charge on any atom is -0.377 e. The molecule has 1 fully saturated rings. The molecule has 2 nitrogen and oxygen atoms in total. The summed E-state index contributed by atoms with van der Waals surface area (Å²) in [6.07, 6.45) is 2.90. The van der Waals surface area contributed by atoms with Crippen molar-refractivity contribution in [1.29, 1.82) is 0 Å². The second-order valence-corrected chi connectivity index (χ2v) is 7.29. The fourth-order valence-corrected chi connectivity index (χ4v) is 3.13. The summed E-state index contributed by atoms with van der Waals surface area (Å²) >= 11 is 1.91. The summed E-state index contributed by atoms with van der Waals surface area (Å²) in [6, 6.07) is 8.82. The lowest BCUT2D eigenvalue weighted by atomic mass is 10.1. The molecule has 19 heavy (non-hydrogen) atoms. The fourth-order valence-electron chi connectivity index (χ4n) is 2.08. The molecule has 1 N–H and O–H groups in total. The smallest absolute Gasteiger partial charge is 0.0669 e. The molecule has 0 aliphatic carbocycles. The molecule has 0 amide bonds. The van der Waals surface area contributed by atoms with Gasteiger partial charge in [-0.2, -0.15) is 0 Å². The molecular weight excluding hydrogens is 254 g/mol. The molecule has 106 valence electrons. The highest BCUT2D eigenvalue weighted by molar-refractivity contribution is 7.99. The lowest BCUT2D eigenvalue weighted by Gasteiger charge is -2.20. The fraction of sp³-hybridized carbons (Fsp3) is 0.625. The van der Waals surface area contributed by atoms with E-state index in [4.69, 9.17) is 4.74 Å². The van der Waals surface area contributed by atoms with Gasteiger partial charge < -0.3 is 10.1 Å². The lowest BCUT2D eigenvalue weighted by Crippen LogP contribution is -2.35. The van der Waals surface area contributed by atoms with E-state index in [2.05, 4.69) is 50.4 Å². The zero-order valence-electron chi connectivity index (χ0n) is 12.2. The van der Waals surface area contributed by atoms with Crippen LogP contribution in [0.2, 0.25) is 0 Å². The van der Waals surface area contributed by atoms with Gasteiger partial charge in [0.1, 0.15) is 0 Å². The van der Waals surface area contributed by atoms with E-state index in [9.17, 15) is 0 Å². The first-order chi connectivity index (χ1) is 9.03. The van der Waals surface area contributed by atoms with Crippen molar-refractivity contribution >= 4 is 11.8 Å². The summed E-state index contributed by atoms with van der Waals surface area (Å²) in [5.41, 5.74) is 1.52. The van der Waals surface area contributed by atoms with Crippen LogP contribution in [0.3, 0.4) is 0 Å². The van der Waals surface area contributed by atoms with Gasteiger partial charge in [0.25, 0.3) is 0 Å². The van der Waals surface area contributed by atoms with Crippen molar-refractivity contribution in [2.75, 3.05) is 12.4 Å². The molecule has 1 aliphatic rings. The van der Waals surface area contributed by atoms with Crippen LogP contribution in [0.15, 0.2) is 29.2 Å². The zero-order chi connectivity index (χ0) is 13.7. The Hall–Kier alpha value is -0.510. The van der Waals surface area contributed by atoms with E-state index in [1.165, 1.54) is 23.3 Å². The first-order valence-corrected chi connectivity index (χ1v) is 8.10. The second kappa shape index (κ2) is 6.78. The Labute approximate surface area is 121 Å². The number of hydrogen-bond acceptors (Lipinski definition) is 3. The van der Waals surface area contributed by atoms with Crippen LogP contribution in [-0.2, 0) is 11.3 Å². The lowest BCUT2D eigenvalue weighted by molar-refractivity contribution is 0.129. The van der Waals surface area contributed by atoms with Gasteiger partial charge in [-0.1, -0.05) is 12.1 Å². The third kappa shape index (κ3) is 5.55. The molecule has 1 unspecified atom stereocenters. The average Bonchev–Trinajstić information content (AvgIpc) is 2.87. The van der Waals surface area contributed by atoms with Crippen LogP contribution in [0.25, 0.3) is 0 Å². The monoisotopic (exact) mass is 279 g/mol. The Morgan fingerprint density at radius 1 is 1.37 bits per heavy atom. The molecule has 1 aromatic rings. The highest BCUT2D eigenvalue weighted by Crippen LogP contribution is 2.24. The van der Waals surface area contributed by atoms with E-state index in [0.717, 1.165) is 18.9 Å². The van der Waals surface area contributed by atoms with Gasteiger partial charge in [0.15, 0.2) is 0 Å². The Morgan fingerprint density at radius 3 is 2.89 bits per heavy atom. The molecule has 3 heteroatoms. The predicted molar refractivity (Wildman–Crippen MR) is 82.7 cm³/mol. The van der Waals surface area contributed by atoms with E-state index in [0.29, 0.717) is 6.10 Å². The highest BCUT2D eigenvalue weighted by atomic mass is 32.2. The van der Waals surface area contributed by atoms with Crippen molar-refractivity contribution in [2.45, 2.75) is 56.7 Å². The van der Waals surface area contributed by atoms with Crippen LogP contribution in [0.4, 0.5) is 0 Å². The van der Waals surface area contributed by atoms with Gasteiger partial charge >= 0.3 is 0 Å². The van der Waals surface area contributed by atoms with Crippen LogP contribution in [0.5, 0.6) is 0 Å². The van der Waals surface area contributed by atoms with Crippen LogP contribution in [0, 0.1) is 0 Å². The quantitative estimate of drug-likeness (QED) is 0.827. The maximum atomic E-state index is 5.66. The molecule has 1 aliphatic heterocycles. The Morgan fingerprint density at radius 2 is 2.21 bits per heavy atom. The molecule has 1 saturated heterocycles. The molecular formula is C16H25NOS. The van der Waals surface area contributed by atoms with E-state index in [1.54, 1.807) is 0 Å². The second-order valence-electron chi connectivity index (χ2n) is 6.20. The number of thioether (sulfide) groups is 1. The normalized spacial score (nSPS) is 19.8. The van der Waals surface area contributed by atoms with Crippen LogP contribution in [-0.4, -0.2) is 24.0 Å². The number of rotatable bonds is 5. The summed E-state index contributed by atoms with van der Waals surface area (Å²) in [7, 11) is 0. The van der Waals surface area contributed by atoms with Crippen molar-refractivity contribution in [3.8, 4) is 0 Å². The molecule has 1 aromatic carbocycles. The number of benzene rings is 1. The summed E-state index contributed by atoms with van der Waals surface area (Å²) < 4.78 is 5.66. The average molecular weight is 279 g/mol. The van der Waals surface area contributed by atoms with E-state index >= 15 is 0 Å². The molecule has 1 atom stereocenters. The number of hydrogen-bond donors (Lipinski definition) is 1. The molecule has 2 rings (SSSR count). The Kier molecular flexibility index (Phi) is 5.31. The van der Waals surface area contributed by atoms with Crippen LogP contribution in [0.1, 0.15) is 39.2 Å². The molecule has 0 spiro atoms. The van der Waals surface area contributed by atoms with Crippen molar-refractivity contribution in [3.63, 3.8) is 0 Å². The van der Waals surface area contributed by atoms with Crippen LogP contribution >= 0.6 is 11.8 Å². The van der Waals surface area contributed by atoms with Crippen LogP contribution < -0.4 is 5.32 Å². The van der Waals surface area contributed by atoms with Gasteiger partial charge in [-0.05, 0) is 51.3 Å². The zero-order valence-corrected chi connectivity index (χ0v) is 13.1. The molecule has 0 saturated carbocycles. The van der Waals surface area contributed by atoms with E-state index < -0.39 is 0 Å². The summed E-state index contributed by atoms with van der Waals surface area (Å²) in [5, 5.41) is 3.53. The van der Waals surface area contributed by atoms with Gasteiger partial charge in [-0.15, -0.1) is 11.8 Å². The molecule has 1 heterocycles. The Balaban J connectivity index is 1.84. The first-order valence-electron chi connectivity index (χ1n) is 7.11. The maximum absolute atomic E-state index is 5.66. The Bertz CT molecular complexity index is 394. The van der Waals surface area contributed by atoms with Gasteiger partial charge in [0.2, 0.25) is 0 Å². The SMILES string of the molecule is CC(C)(C)NCc1cccc(SCC2CCCO2)c1. The third-order valence-corrected chi connectivity index (χ3v) is 4.31. The summed E-state index contributed by atoms with van der Waals surface area (Å²) in [4.78, 5) is 1.35. The molecule has 0 radical (unpaired) electrons. The van der Waals surface area contributed by atoms with Gasteiger partial charge in [-0.25, -0.2) is 0 Å². The maximum Gasteiger partial charge on any atom is 0.0669 e. The van der Waals surface area contributed by atoms with E-state index in [1.807, 2.05) is 11.8 Å². The minimum atomic E-state index is 0.167. The van der Waals surface area contributed by atoms with Crippen molar-refractivity contribution in [2.24, 2.45) is 0 Å². The standard InChI is InChI=1S/C16H25NOS/c1-16(2,3)17-11-13-6-4-8-15(10-13)19-12-14-7-5-9-18-14/h4,6,8,10,14,17H,5,7,9,11-12H2,1-3H3. The first kappa shape index (κ1) is 14.9. The molecule has 0 aromatic heterocycles. The van der Waals surface area contributed by atoms with E-state index in [-0.39, 0.29) is 5.54 Å². The van der Waals surface area contributed by atoms with Crippen molar-refractivity contribution in [3.05, 3.63) is 29.8 Å². The highest BCUT2D eigenvalue weighted by Gasteiger charge is 2.15. The topological polar surface area (TPSA) is 21.3 Å². The number of ether oxygens (including phenoxy) is 1. The van der Waals surface area contributed by atoms with Gasteiger partial charge in [0, 0.05) is 29.3 Å². The number of nitrogens with one attached hydrogen (secondary N) is 1. The molecule has 0 bridgehead atoms. The third-order valence-electron chi connectivity index (χ3n) is 3.18. The largest absolute Gasteiger partial charge is 0.377 e. The predicted octanol–water partition coefficient (Wildman–Crippen LogP) is 3.85. The van der Waals surface area contributed by atoms with Crippen molar-refractivity contribution in [1.82, 2.24) is 5.32 Å². The van der Waals surface area contributed by atoms with Crippen molar-refractivity contribution < 1.29 is 4.74 Å².